The smallest absolute Gasteiger partial charge is 0.138 e. The molecule has 0 aliphatic carbocycles. The fraction of sp³-hybridized carbons (Fsp3) is 0.500. The van der Waals surface area contributed by atoms with Crippen molar-refractivity contribution >= 4 is 23.2 Å². The van der Waals surface area contributed by atoms with E-state index >= 15 is 0 Å². The first-order chi connectivity index (χ1) is 7.54. The fourth-order valence-corrected chi connectivity index (χ4v) is 1.80. The van der Waals surface area contributed by atoms with E-state index in [2.05, 4.69) is 19.2 Å². The molecule has 1 aromatic carbocycles. The summed E-state index contributed by atoms with van der Waals surface area (Å²) in [6.07, 6.45) is 0.101. The molecule has 0 fully saturated rings. The summed E-state index contributed by atoms with van der Waals surface area (Å²) in [6, 6.07) is 5.27. The second-order valence-electron chi connectivity index (χ2n) is 4.03. The van der Waals surface area contributed by atoms with Crippen LogP contribution in [0.25, 0.3) is 0 Å². The van der Waals surface area contributed by atoms with Gasteiger partial charge in [0.1, 0.15) is 11.9 Å². The van der Waals surface area contributed by atoms with E-state index in [0.717, 1.165) is 6.54 Å². The Morgan fingerprint density at radius 3 is 2.50 bits per heavy atom. The van der Waals surface area contributed by atoms with Crippen molar-refractivity contribution in [3.05, 3.63) is 28.2 Å². The minimum atomic E-state index is 0.101. The molecule has 2 nitrogen and oxygen atoms in total. The molecule has 90 valence electrons. The topological polar surface area (TPSA) is 21.3 Å². The van der Waals surface area contributed by atoms with Crippen LogP contribution in [0.2, 0.25) is 10.0 Å². The van der Waals surface area contributed by atoms with Crippen molar-refractivity contribution in [1.29, 1.82) is 0 Å². The summed E-state index contributed by atoms with van der Waals surface area (Å²) < 4.78 is 5.85. The van der Waals surface area contributed by atoms with E-state index in [-0.39, 0.29) is 6.10 Å². The zero-order chi connectivity index (χ0) is 12.1. The van der Waals surface area contributed by atoms with Crippen molar-refractivity contribution in [2.75, 3.05) is 13.6 Å². The first kappa shape index (κ1) is 13.6. The molecule has 0 aliphatic rings. The number of ether oxygens (including phenoxy) is 1. The summed E-state index contributed by atoms with van der Waals surface area (Å²) in [5.41, 5.74) is 0. The summed E-state index contributed by atoms with van der Waals surface area (Å²) in [6.45, 7) is 5.02. The zero-order valence-electron chi connectivity index (χ0n) is 9.76. The lowest BCUT2D eigenvalue weighted by Gasteiger charge is -2.22. The Labute approximate surface area is 107 Å². The molecule has 0 aromatic heterocycles. The van der Waals surface area contributed by atoms with Gasteiger partial charge in [-0.15, -0.1) is 0 Å². The second kappa shape index (κ2) is 6.33. The maximum Gasteiger partial charge on any atom is 0.138 e. The van der Waals surface area contributed by atoms with Crippen molar-refractivity contribution in [1.82, 2.24) is 5.32 Å². The Kier molecular flexibility index (Phi) is 5.39. The van der Waals surface area contributed by atoms with Gasteiger partial charge in [-0.05, 0) is 31.2 Å². The number of likely N-dealkylation sites (N-methyl/N-ethyl adjacent to an activating group) is 1. The summed E-state index contributed by atoms with van der Waals surface area (Å²) in [5, 5.41) is 4.27. The van der Waals surface area contributed by atoms with E-state index < -0.39 is 0 Å². The molecular weight excluding hydrogens is 245 g/mol. The van der Waals surface area contributed by atoms with E-state index in [4.69, 9.17) is 27.9 Å². The predicted molar refractivity (Wildman–Crippen MR) is 69.6 cm³/mol. The van der Waals surface area contributed by atoms with E-state index in [1.807, 2.05) is 7.05 Å². The molecule has 1 unspecified atom stereocenters. The molecule has 1 atom stereocenters. The molecule has 0 aliphatic heterocycles. The first-order valence-electron chi connectivity index (χ1n) is 5.31. The van der Waals surface area contributed by atoms with Gasteiger partial charge in [0.25, 0.3) is 0 Å². The lowest BCUT2D eigenvalue weighted by Crippen LogP contribution is -2.33. The van der Waals surface area contributed by atoms with Gasteiger partial charge in [-0.25, -0.2) is 0 Å². The Morgan fingerprint density at radius 2 is 2.00 bits per heavy atom. The van der Waals surface area contributed by atoms with E-state index in [1.54, 1.807) is 18.2 Å². The summed E-state index contributed by atoms with van der Waals surface area (Å²) in [5.74, 6) is 1.10. The zero-order valence-corrected chi connectivity index (χ0v) is 11.3. The van der Waals surface area contributed by atoms with Crippen LogP contribution in [0.15, 0.2) is 18.2 Å². The molecule has 0 spiro atoms. The van der Waals surface area contributed by atoms with E-state index in [9.17, 15) is 0 Å². The van der Waals surface area contributed by atoms with Crippen LogP contribution in [0.5, 0.6) is 5.75 Å². The highest BCUT2D eigenvalue weighted by atomic mass is 35.5. The van der Waals surface area contributed by atoms with Gasteiger partial charge >= 0.3 is 0 Å². The maximum absolute atomic E-state index is 6.05. The highest BCUT2D eigenvalue weighted by Gasteiger charge is 2.15. The van der Waals surface area contributed by atoms with Crippen LogP contribution in [0, 0.1) is 5.92 Å². The molecular formula is C12H17Cl2NO. The molecule has 0 heterocycles. The SMILES string of the molecule is CNCC(Oc1ccc(Cl)cc1Cl)C(C)C. The highest BCUT2D eigenvalue weighted by Crippen LogP contribution is 2.29. The number of nitrogens with one attached hydrogen (secondary N) is 1. The van der Waals surface area contributed by atoms with Crippen molar-refractivity contribution in [2.45, 2.75) is 20.0 Å². The lowest BCUT2D eigenvalue weighted by atomic mass is 10.1. The van der Waals surface area contributed by atoms with Crippen molar-refractivity contribution in [2.24, 2.45) is 5.92 Å². The molecule has 0 saturated heterocycles. The van der Waals surface area contributed by atoms with Gasteiger partial charge in [0, 0.05) is 11.6 Å². The standard InChI is InChI=1S/C12H17Cl2NO/c1-8(2)12(7-15-3)16-11-5-4-9(13)6-10(11)14/h4-6,8,12,15H,7H2,1-3H3. The van der Waals surface area contributed by atoms with Gasteiger partial charge in [0.2, 0.25) is 0 Å². The van der Waals surface area contributed by atoms with Crippen LogP contribution in [0.1, 0.15) is 13.8 Å². The Hall–Kier alpha value is -0.440. The number of hydrogen-bond acceptors (Lipinski definition) is 2. The predicted octanol–water partition coefficient (Wildman–Crippen LogP) is 3.62. The van der Waals surface area contributed by atoms with Gasteiger partial charge in [0.05, 0.1) is 5.02 Å². The molecule has 1 aromatic rings. The molecule has 4 heteroatoms. The van der Waals surface area contributed by atoms with Crippen LogP contribution >= 0.6 is 23.2 Å². The number of halogens is 2. The van der Waals surface area contributed by atoms with Crippen LogP contribution in [-0.2, 0) is 0 Å². The maximum atomic E-state index is 6.05. The van der Waals surface area contributed by atoms with Gasteiger partial charge in [-0.3, -0.25) is 0 Å². The lowest BCUT2D eigenvalue weighted by molar-refractivity contribution is 0.151. The molecule has 16 heavy (non-hydrogen) atoms. The minimum absolute atomic E-state index is 0.101. The van der Waals surface area contributed by atoms with E-state index in [1.165, 1.54) is 0 Å². The average Bonchev–Trinajstić information content (AvgIpc) is 2.20. The summed E-state index contributed by atoms with van der Waals surface area (Å²) in [7, 11) is 1.90. The number of rotatable bonds is 5. The van der Waals surface area contributed by atoms with Crippen LogP contribution in [0.4, 0.5) is 0 Å². The molecule has 0 bridgehead atoms. The highest BCUT2D eigenvalue weighted by molar-refractivity contribution is 6.35. The van der Waals surface area contributed by atoms with E-state index in [0.29, 0.717) is 21.7 Å². The van der Waals surface area contributed by atoms with Gasteiger partial charge in [0.15, 0.2) is 0 Å². The van der Waals surface area contributed by atoms with Crippen molar-refractivity contribution < 1.29 is 4.74 Å². The summed E-state index contributed by atoms with van der Waals surface area (Å²) in [4.78, 5) is 0. The molecule has 1 N–H and O–H groups in total. The van der Waals surface area contributed by atoms with Gasteiger partial charge in [-0.1, -0.05) is 37.0 Å². The third-order valence-corrected chi connectivity index (χ3v) is 2.85. The monoisotopic (exact) mass is 261 g/mol. The van der Waals surface area contributed by atoms with Gasteiger partial charge in [-0.2, -0.15) is 0 Å². The molecule has 0 radical (unpaired) electrons. The average molecular weight is 262 g/mol. The molecule has 1 rings (SSSR count). The largest absolute Gasteiger partial charge is 0.487 e. The quantitative estimate of drug-likeness (QED) is 0.875. The van der Waals surface area contributed by atoms with Crippen molar-refractivity contribution in [3.8, 4) is 5.75 Å². The molecule has 0 saturated carbocycles. The van der Waals surface area contributed by atoms with Gasteiger partial charge < -0.3 is 10.1 Å². The Balaban J connectivity index is 2.77. The number of hydrogen-bond donors (Lipinski definition) is 1. The second-order valence-corrected chi connectivity index (χ2v) is 4.88. The minimum Gasteiger partial charge on any atom is -0.487 e. The third-order valence-electron chi connectivity index (χ3n) is 2.32. The Morgan fingerprint density at radius 1 is 1.31 bits per heavy atom. The number of benzene rings is 1. The van der Waals surface area contributed by atoms with Crippen LogP contribution in [-0.4, -0.2) is 19.7 Å². The van der Waals surface area contributed by atoms with Crippen molar-refractivity contribution in [3.63, 3.8) is 0 Å². The molecule has 0 amide bonds. The normalized spacial score (nSPS) is 12.9. The Bertz CT molecular complexity index is 342. The van der Waals surface area contributed by atoms with Crippen LogP contribution in [0.3, 0.4) is 0 Å². The third kappa shape index (κ3) is 3.85. The van der Waals surface area contributed by atoms with Crippen LogP contribution < -0.4 is 10.1 Å². The summed E-state index contributed by atoms with van der Waals surface area (Å²) >= 11 is 11.9. The first-order valence-corrected chi connectivity index (χ1v) is 6.06. The fourth-order valence-electron chi connectivity index (χ4n) is 1.35.